The average molecular weight is 601 g/mol. The van der Waals surface area contributed by atoms with E-state index in [1.54, 1.807) is 23.5 Å². The van der Waals surface area contributed by atoms with Crippen molar-refractivity contribution in [3.8, 4) is 11.3 Å². The van der Waals surface area contributed by atoms with Crippen LogP contribution in [0.3, 0.4) is 0 Å². The summed E-state index contributed by atoms with van der Waals surface area (Å²) >= 11 is 0. The van der Waals surface area contributed by atoms with Crippen LogP contribution in [-0.4, -0.2) is 85.3 Å². The summed E-state index contributed by atoms with van der Waals surface area (Å²) in [5, 5.41) is 28.8. The number of alkyl halides is 3. The molecule has 14 nitrogen and oxygen atoms in total. The Morgan fingerprint density at radius 3 is 2.17 bits per heavy atom. The Morgan fingerprint density at radius 2 is 1.64 bits per heavy atom. The Morgan fingerprint density at radius 1 is 1.02 bits per heavy atom. The Hall–Kier alpha value is -4.09. The van der Waals surface area contributed by atoms with Gasteiger partial charge in [-0.2, -0.15) is 13.2 Å². The predicted octanol–water partition coefficient (Wildman–Crippen LogP) is 0.128. The molecule has 2 fully saturated rings. The van der Waals surface area contributed by atoms with Gasteiger partial charge in [-0.1, -0.05) is 11.3 Å². The van der Waals surface area contributed by atoms with Gasteiger partial charge in [0.25, 0.3) is 0 Å². The van der Waals surface area contributed by atoms with Gasteiger partial charge in [-0.3, -0.25) is 19.2 Å². The van der Waals surface area contributed by atoms with E-state index in [0.29, 0.717) is 22.4 Å². The summed E-state index contributed by atoms with van der Waals surface area (Å²) < 4.78 is 62.6. The number of amides is 1. The molecule has 228 valence electrons. The predicted molar refractivity (Wildman–Crippen MR) is 129 cm³/mol. The molecule has 1 aliphatic heterocycles. The van der Waals surface area contributed by atoms with E-state index in [1.165, 1.54) is 10.9 Å². The number of hydrogen-bond acceptors (Lipinski definition) is 12. The van der Waals surface area contributed by atoms with E-state index in [1.807, 2.05) is 0 Å². The molecule has 0 spiro atoms. The van der Waals surface area contributed by atoms with Crippen molar-refractivity contribution in [3.05, 3.63) is 35.5 Å². The van der Waals surface area contributed by atoms with Crippen molar-refractivity contribution < 1.29 is 61.5 Å². The van der Waals surface area contributed by atoms with Crippen molar-refractivity contribution in [2.45, 2.75) is 76.8 Å². The standard InChI is InChI=1S/C25H27F3N4O10/c1-11(35)39-21-19-18(8-32-7-17(30-31-32)16-5-14(9-33)4-15(6-16)10-34)41-22(40-12(2)36)20(24(19,21)42-13(3)37)29-23(38)25(26,27)28/h4-7,18-22,33-34H,8-10H2,1-3H3,(H,29,38)/t18?,19?,20?,21?,22-,24?/m1/s1. The van der Waals surface area contributed by atoms with Crippen LogP contribution in [0.15, 0.2) is 24.4 Å². The quantitative estimate of drug-likeness (QED) is 0.261. The van der Waals surface area contributed by atoms with Crippen LogP contribution in [0.25, 0.3) is 11.3 Å². The minimum Gasteiger partial charge on any atom is -0.458 e. The van der Waals surface area contributed by atoms with Gasteiger partial charge in [-0.05, 0) is 23.3 Å². The fraction of sp³-hybridized carbons (Fsp3) is 0.520. The second-order valence-electron chi connectivity index (χ2n) is 9.78. The molecule has 1 amide bonds. The summed E-state index contributed by atoms with van der Waals surface area (Å²) in [7, 11) is 0. The molecule has 1 aromatic carbocycles. The highest BCUT2D eigenvalue weighted by molar-refractivity contribution is 5.82. The first-order valence-corrected chi connectivity index (χ1v) is 12.5. The highest BCUT2D eigenvalue weighted by Crippen LogP contribution is 2.59. The molecular weight excluding hydrogens is 573 g/mol. The van der Waals surface area contributed by atoms with E-state index < -0.39 is 66.1 Å². The van der Waals surface area contributed by atoms with Crippen molar-refractivity contribution in [2.75, 3.05) is 0 Å². The number of fused-ring (bicyclic) bond motifs is 1. The summed E-state index contributed by atoms with van der Waals surface area (Å²) in [6.07, 6.45) is -8.33. The van der Waals surface area contributed by atoms with Crippen molar-refractivity contribution in [1.82, 2.24) is 20.3 Å². The van der Waals surface area contributed by atoms with Gasteiger partial charge in [0.15, 0.2) is 11.7 Å². The second-order valence-corrected chi connectivity index (χ2v) is 9.78. The topological polar surface area (TPSA) is 188 Å². The average Bonchev–Trinajstić information content (AvgIpc) is 3.25. The number of benzene rings is 1. The molecule has 1 aromatic heterocycles. The van der Waals surface area contributed by atoms with Gasteiger partial charge in [0.2, 0.25) is 6.29 Å². The van der Waals surface area contributed by atoms with E-state index in [4.69, 9.17) is 18.9 Å². The number of aliphatic hydroxyl groups excluding tert-OH is 2. The van der Waals surface area contributed by atoms with Gasteiger partial charge in [0.05, 0.1) is 38.0 Å². The summed E-state index contributed by atoms with van der Waals surface area (Å²) in [4.78, 5) is 47.9. The van der Waals surface area contributed by atoms with Crippen molar-refractivity contribution in [1.29, 1.82) is 0 Å². The largest absolute Gasteiger partial charge is 0.471 e. The molecule has 1 saturated carbocycles. The van der Waals surface area contributed by atoms with Gasteiger partial charge in [-0.25, -0.2) is 4.68 Å². The molecule has 2 heterocycles. The number of carbonyl (C=O) groups excluding carboxylic acids is 4. The first-order valence-electron chi connectivity index (χ1n) is 12.5. The van der Waals surface area contributed by atoms with Crippen LogP contribution in [0.1, 0.15) is 31.9 Å². The smallest absolute Gasteiger partial charge is 0.458 e. The van der Waals surface area contributed by atoms with E-state index in [9.17, 15) is 42.6 Å². The maximum absolute atomic E-state index is 13.2. The maximum atomic E-state index is 13.2. The third kappa shape index (κ3) is 6.22. The first kappa shape index (κ1) is 30.9. The third-order valence-electron chi connectivity index (χ3n) is 6.71. The van der Waals surface area contributed by atoms with Crippen LogP contribution in [0.5, 0.6) is 0 Å². The monoisotopic (exact) mass is 600 g/mol. The number of ether oxygens (including phenoxy) is 4. The van der Waals surface area contributed by atoms with Gasteiger partial charge in [0.1, 0.15) is 11.7 Å². The van der Waals surface area contributed by atoms with Crippen LogP contribution < -0.4 is 5.32 Å². The van der Waals surface area contributed by atoms with Gasteiger partial charge in [-0.15, -0.1) is 5.10 Å². The Balaban J connectivity index is 1.71. The molecule has 0 radical (unpaired) electrons. The Bertz CT molecular complexity index is 1360. The number of esters is 3. The number of rotatable bonds is 9. The Labute approximate surface area is 235 Å². The van der Waals surface area contributed by atoms with Gasteiger partial charge >= 0.3 is 30.0 Å². The molecule has 42 heavy (non-hydrogen) atoms. The number of nitrogens with one attached hydrogen (secondary N) is 1. The van der Waals surface area contributed by atoms with Crippen LogP contribution >= 0.6 is 0 Å². The lowest BCUT2D eigenvalue weighted by molar-refractivity contribution is -0.239. The van der Waals surface area contributed by atoms with Crippen LogP contribution in [-0.2, 0) is 57.9 Å². The fourth-order valence-corrected chi connectivity index (χ4v) is 5.20. The van der Waals surface area contributed by atoms with Crippen molar-refractivity contribution in [2.24, 2.45) is 5.92 Å². The highest BCUT2D eigenvalue weighted by Gasteiger charge is 2.82. The molecule has 2 aliphatic rings. The summed E-state index contributed by atoms with van der Waals surface area (Å²) in [6.45, 7) is 2.14. The minimum atomic E-state index is -5.36. The molecule has 3 N–H and O–H groups in total. The third-order valence-corrected chi connectivity index (χ3v) is 6.71. The van der Waals surface area contributed by atoms with Gasteiger partial charge < -0.3 is 34.5 Å². The maximum Gasteiger partial charge on any atom is 0.471 e. The summed E-state index contributed by atoms with van der Waals surface area (Å²) in [5.74, 6) is -6.39. The lowest BCUT2D eigenvalue weighted by atomic mass is 9.98. The Kier molecular flexibility index (Phi) is 8.56. The highest BCUT2D eigenvalue weighted by atomic mass is 19.4. The zero-order chi connectivity index (χ0) is 31.0. The van der Waals surface area contributed by atoms with E-state index >= 15 is 0 Å². The normalized spacial score (nSPS) is 26.5. The molecular formula is C25H27F3N4O10. The van der Waals surface area contributed by atoms with Crippen molar-refractivity contribution in [3.63, 3.8) is 0 Å². The van der Waals surface area contributed by atoms with E-state index in [-0.39, 0.29) is 19.8 Å². The first-order chi connectivity index (χ1) is 19.7. The SMILES string of the molecule is CC(=O)OC1C2C(Cn3cc(-c4cc(CO)cc(CO)c4)nn3)O[C@@H](OC(C)=O)C(NC(=O)C(F)(F)F)C12OC(C)=O. The van der Waals surface area contributed by atoms with E-state index in [2.05, 4.69) is 10.3 Å². The number of carbonyl (C=O) groups is 4. The molecule has 4 rings (SSSR count). The van der Waals surface area contributed by atoms with Crippen LogP contribution in [0.2, 0.25) is 0 Å². The number of nitrogens with zero attached hydrogens (tertiary/aromatic N) is 3. The molecule has 1 saturated heterocycles. The fourth-order valence-electron chi connectivity index (χ4n) is 5.20. The number of hydrogen-bond donors (Lipinski definition) is 3. The van der Waals surface area contributed by atoms with Gasteiger partial charge in [0, 0.05) is 26.3 Å². The molecule has 0 bridgehead atoms. The molecule has 2 aromatic rings. The zero-order valence-electron chi connectivity index (χ0n) is 22.5. The molecule has 5 unspecified atom stereocenters. The van der Waals surface area contributed by atoms with E-state index in [0.717, 1.165) is 20.8 Å². The zero-order valence-corrected chi connectivity index (χ0v) is 22.5. The molecule has 6 atom stereocenters. The number of aromatic nitrogens is 3. The molecule has 17 heteroatoms. The lowest BCUT2D eigenvalue weighted by Crippen LogP contribution is -2.63. The summed E-state index contributed by atoms with van der Waals surface area (Å²) in [5.41, 5.74) is -0.248. The van der Waals surface area contributed by atoms with Crippen LogP contribution in [0, 0.1) is 5.92 Å². The summed E-state index contributed by atoms with van der Waals surface area (Å²) in [6, 6.07) is 2.94. The second kappa shape index (κ2) is 11.7. The number of aliphatic hydroxyl groups is 2. The molecule has 1 aliphatic carbocycles. The number of halogens is 3. The van der Waals surface area contributed by atoms with Crippen molar-refractivity contribution >= 4 is 23.8 Å². The van der Waals surface area contributed by atoms with Crippen LogP contribution in [0.4, 0.5) is 13.2 Å². The lowest BCUT2D eigenvalue weighted by Gasteiger charge is -2.39. The minimum absolute atomic E-state index is 0.206.